The van der Waals surface area contributed by atoms with Gasteiger partial charge in [0.2, 0.25) is 0 Å². The van der Waals surface area contributed by atoms with E-state index in [4.69, 9.17) is 0 Å². The fourth-order valence-electron chi connectivity index (χ4n) is 2.99. The van der Waals surface area contributed by atoms with Gasteiger partial charge in [0.15, 0.2) is 0 Å². The summed E-state index contributed by atoms with van der Waals surface area (Å²) in [5.41, 5.74) is -4.76. The molecule has 0 aliphatic rings. The Morgan fingerprint density at radius 2 is 1.19 bits per heavy atom. The second-order valence-corrected chi connectivity index (χ2v) is 6.33. The van der Waals surface area contributed by atoms with Gasteiger partial charge in [0.05, 0.1) is 6.54 Å². The fraction of sp³-hybridized carbons (Fsp3) is 0.368. The van der Waals surface area contributed by atoms with E-state index in [-0.39, 0.29) is 32.6 Å². The van der Waals surface area contributed by atoms with Crippen LogP contribution in [-0.4, -0.2) is 27.4 Å². The topological polar surface area (TPSA) is 132 Å². The highest BCUT2D eigenvalue weighted by molar-refractivity contribution is 5.23. The molecule has 0 spiro atoms. The molecule has 2 heterocycles. The summed E-state index contributed by atoms with van der Waals surface area (Å²) in [7, 11) is 0. The van der Waals surface area contributed by atoms with E-state index in [1.807, 2.05) is 0 Å². The van der Waals surface area contributed by atoms with Crippen LogP contribution in [0.25, 0.3) is 12.4 Å². The predicted octanol–water partition coefficient (Wildman–Crippen LogP) is -1.46. The Morgan fingerprint density at radius 1 is 0.677 bits per heavy atom. The number of allylic oxidation sites excluding steroid dienone is 2. The molecule has 0 aliphatic carbocycles. The molecule has 0 N–H and O–H groups in total. The van der Waals surface area contributed by atoms with Crippen molar-refractivity contribution in [3.8, 4) is 0 Å². The lowest BCUT2D eigenvalue weighted by atomic mass is 10.4. The molecule has 31 heavy (non-hydrogen) atoms. The minimum Gasteiger partial charge on any atom is -0.247 e. The molecule has 0 aromatic carbocycles. The first-order valence-corrected chi connectivity index (χ1v) is 9.57. The molecule has 0 atom stereocenters. The van der Waals surface area contributed by atoms with Crippen molar-refractivity contribution in [1.82, 2.24) is 27.4 Å². The highest BCUT2D eigenvalue weighted by Crippen LogP contribution is 1.88. The first-order valence-electron chi connectivity index (χ1n) is 9.57. The zero-order valence-corrected chi connectivity index (χ0v) is 17.4. The molecule has 0 aliphatic heterocycles. The Labute approximate surface area is 175 Å². The quantitative estimate of drug-likeness (QED) is 0.445. The van der Waals surface area contributed by atoms with E-state index in [1.54, 1.807) is 13.8 Å². The van der Waals surface area contributed by atoms with E-state index in [0.29, 0.717) is 4.57 Å². The van der Waals surface area contributed by atoms with Crippen LogP contribution >= 0.6 is 0 Å². The molecule has 0 saturated carbocycles. The van der Waals surface area contributed by atoms with Gasteiger partial charge >= 0.3 is 34.1 Å². The Kier molecular flexibility index (Phi) is 7.29. The van der Waals surface area contributed by atoms with Crippen molar-refractivity contribution in [2.24, 2.45) is 0 Å². The molecular weight excluding hydrogens is 408 g/mol. The van der Waals surface area contributed by atoms with Gasteiger partial charge in [-0.3, -0.25) is 0 Å². The normalized spacial score (nSPS) is 11.2. The van der Waals surface area contributed by atoms with Gasteiger partial charge in [0.1, 0.15) is 0 Å². The maximum absolute atomic E-state index is 12.5. The van der Waals surface area contributed by atoms with Gasteiger partial charge in [-0.25, -0.2) is 56.2 Å². The lowest BCUT2D eigenvalue weighted by molar-refractivity contribution is 0.472. The van der Waals surface area contributed by atoms with Crippen molar-refractivity contribution in [1.29, 1.82) is 0 Å². The number of nitrogens with zero attached hydrogens (tertiary/aromatic N) is 6. The Bertz CT molecular complexity index is 1390. The monoisotopic (exact) mass is 432 g/mol. The predicted molar refractivity (Wildman–Crippen MR) is 116 cm³/mol. The number of aromatic nitrogens is 6. The lowest BCUT2D eigenvalue weighted by Gasteiger charge is -2.11. The van der Waals surface area contributed by atoms with Crippen molar-refractivity contribution < 1.29 is 0 Å². The average molecular weight is 432 g/mol. The molecule has 0 radical (unpaired) electrons. The van der Waals surface area contributed by atoms with Crippen LogP contribution in [0, 0.1) is 0 Å². The first kappa shape index (κ1) is 23.3. The molecule has 2 rings (SSSR count). The standard InChI is InChI=1S/C19H24N6O6/c1-5-11-23-15(27)22(8-4)18(30)25(19(23)31)13-10-9-12-24-16(28)20(6-2)14(26)21(7-3)17(24)29/h5-6,9,12H,1-2,7-8,10-11,13H2,3-4H3/b12-9+. The third-order valence-corrected chi connectivity index (χ3v) is 4.57. The molecule has 2 aromatic rings. The first-order chi connectivity index (χ1) is 14.7. The van der Waals surface area contributed by atoms with Crippen LogP contribution in [0.1, 0.15) is 20.3 Å². The van der Waals surface area contributed by atoms with Gasteiger partial charge < -0.3 is 0 Å². The highest BCUT2D eigenvalue weighted by Gasteiger charge is 2.13. The number of rotatable bonds is 9. The summed E-state index contributed by atoms with van der Waals surface area (Å²) in [4.78, 5) is 74.1. The molecule has 2 aromatic heterocycles. The summed E-state index contributed by atoms with van der Waals surface area (Å²) in [6.45, 7) is 10.1. The number of hydrogen-bond acceptors (Lipinski definition) is 6. The average Bonchev–Trinajstić information content (AvgIpc) is 2.73. The van der Waals surface area contributed by atoms with Crippen molar-refractivity contribution in [3.63, 3.8) is 0 Å². The van der Waals surface area contributed by atoms with E-state index in [2.05, 4.69) is 13.2 Å². The molecule has 0 fully saturated rings. The van der Waals surface area contributed by atoms with Crippen LogP contribution in [0.5, 0.6) is 0 Å². The van der Waals surface area contributed by atoms with Crippen LogP contribution in [0.2, 0.25) is 0 Å². The molecule has 12 heteroatoms. The van der Waals surface area contributed by atoms with Crippen molar-refractivity contribution in [3.05, 3.63) is 88.2 Å². The zero-order chi connectivity index (χ0) is 23.3. The van der Waals surface area contributed by atoms with E-state index in [0.717, 1.165) is 29.0 Å². The Hall–Kier alpha value is -3.96. The molecule has 0 unspecified atom stereocenters. The van der Waals surface area contributed by atoms with Gasteiger partial charge in [0.25, 0.3) is 0 Å². The third-order valence-electron chi connectivity index (χ3n) is 4.57. The summed E-state index contributed by atoms with van der Waals surface area (Å²) in [6.07, 6.45) is 5.05. The number of hydrogen-bond donors (Lipinski definition) is 0. The van der Waals surface area contributed by atoms with E-state index in [1.165, 1.54) is 18.4 Å². The van der Waals surface area contributed by atoms with Crippen LogP contribution in [0.4, 0.5) is 0 Å². The van der Waals surface area contributed by atoms with Crippen molar-refractivity contribution in [2.45, 2.75) is 46.4 Å². The SMILES string of the molecule is C=CCn1c(=O)n(CC)c(=O)n(CC/C=C/n2c(=O)n(C=C)c(=O)n(CC)c2=O)c1=O. The summed E-state index contributed by atoms with van der Waals surface area (Å²) in [6, 6.07) is 0. The van der Waals surface area contributed by atoms with Crippen molar-refractivity contribution in [2.75, 3.05) is 0 Å². The molecule has 0 amide bonds. The second kappa shape index (κ2) is 9.69. The summed E-state index contributed by atoms with van der Waals surface area (Å²) < 4.78 is 5.02. The molecule has 0 saturated heterocycles. The Balaban J connectivity index is 2.47. The van der Waals surface area contributed by atoms with Gasteiger partial charge in [-0.15, -0.1) is 6.58 Å². The highest BCUT2D eigenvalue weighted by atomic mass is 16.2. The van der Waals surface area contributed by atoms with Crippen molar-refractivity contribution >= 4 is 12.4 Å². The smallest absolute Gasteiger partial charge is 0.247 e. The van der Waals surface area contributed by atoms with Gasteiger partial charge in [-0.05, 0) is 20.3 Å². The van der Waals surface area contributed by atoms with E-state index >= 15 is 0 Å². The lowest BCUT2D eigenvalue weighted by Crippen LogP contribution is -2.54. The minimum atomic E-state index is -0.893. The van der Waals surface area contributed by atoms with E-state index < -0.39 is 34.1 Å². The van der Waals surface area contributed by atoms with Gasteiger partial charge in [-0.1, -0.05) is 18.7 Å². The maximum Gasteiger partial charge on any atom is 0.344 e. The van der Waals surface area contributed by atoms with Gasteiger partial charge in [-0.2, -0.15) is 0 Å². The van der Waals surface area contributed by atoms with E-state index in [9.17, 15) is 28.8 Å². The second-order valence-electron chi connectivity index (χ2n) is 6.33. The molecule has 0 bridgehead atoms. The Morgan fingerprint density at radius 3 is 1.74 bits per heavy atom. The summed E-state index contributed by atoms with van der Waals surface area (Å²) in [5.74, 6) is 0. The molecule has 166 valence electrons. The maximum atomic E-state index is 12.5. The zero-order valence-electron chi connectivity index (χ0n) is 17.4. The third kappa shape index (κ3) is 4.17. The van der Waals surface area contributed by atoms with Gasteiger partial charge in [0, 0.05) is 32.0 Å². The molecular formula is C19H24N6O6. The molecule has 12 nitrogen and oxygen atoms in total. The van der Waals surface area contributed by atoms with Crippen LogP contribution in [0.15, 0.2) is 54.1 Å². The largest absolute Gasteiger partial charge is 0.344 e. The minimum absolute atomic E-state index is 0.0520. The van der Waals surface area contributed by atoms with Crippen LogP contribution < -0.4 is 34.1 Å². The fourth-order valence-corrected chi connectivity index (χ4v) is 2.99. The summed E-state index contributed by atoms with van der Waals surface area (Å²) in [5, 5.41) is 0. The van der Waals surface area contributed by atoms with Crippen LogP contribution in [0.3, 0.4) is 0 Å². The summed E-state index contributed by atoms with van der Waals surface area (Å²) >= 11 is 0. The van der Waals surface area contributed by atoms with Crippen LogP contribution in [-0.2, 0) is 26.2 Å².